The van der Waals surface area contributed by atoms with Crippen LogP contribution in [0.15, 0.2) is 24.3 Å². The lowest BCUT2D eigenvalue weighted by molar-refractivity contribution is -0.384. The zero-order chi connectivity index (χ0) is 14.0. The predicted molar refractivity (Wildman–Crippen MR) is 64.7 cm³/mol. The molecule has 7 heteroatoms. The maximum Gasteiger partial charge on any atom is 0.269 e. The lowest BCUT2D eigenvalue weighted by atomic mass is 10.0. The molecule has 4 atom stereocenters. The van der Waals surface area contributed by atoms with Gasteiger partial charge in [-0.2, -0.15) is 0 Å². The minimum Gasteiger partial charge on any atom is -0.465 e. The van der Waals surface area contributed by atoms with Gasteiger partial charge in [0, 0.05) is 18.6 Å². The molecule has 0 aromatic heterocycles. The maximum atomic E-state index is 10.5. The monoisotopic (exact) mass is 269 g/mol. The van der Waals surface area contributed by atoms with Crippen molar-refractivity contribution >= 4 is 5.69 Å². The number of non-ortho nitro benzene ring substituents is 1. The predicted octanol–water partition coefficient (Wildman–Crippen LogP) is 0.830. The van der Waals surface area contributed by atoms with E-state index in [4.69, 9.17) is 9.47 Å². The summed E-state index contributed by atoms with van der Waals surface area (Å²) >= 11 is 0. The first-order valence-electron chi connectivity index (χ1n) is 5.90. The molecule has 1 fully saturated rings. The highest BCUT2D eigenvalue weighted by atomic mass is 16.7. The summed E-state index contributed by atoms with van der Waals surface area (Å²) < 4.78 is 10.8. The molecule has 1 saturated heterocycles. The van der Waals surface area contributed by atoms with Crippen LogP contribution in [-0.2, 0) is 4.74 Å². The number of rotatable bonds is 3. The summed E-state index contributed by atoms with van der Waals surface area (Å²) in [5, 5.41) is 29.6. The first-order valence-corrected chi connectivity index (χ1v) is 5.90. The number of aliphatic hydroxyl groups excluding tert-OH is 2. The fourth-order valence-electron chi connectivity index (χ4n) is 1.90. The second-order valence-corrected chi connectivity index (χ2v) is 4.43. The van der Waals surface area contributed by atoms with Crippen molar-refractivity contribution < 1.29 is 24.6 Å². The van der Waals surface area contributed by atoms with Crippen molar-refractivity contribution in [2.75, 3.05) is 0 Å². The van der Waals surface area contributed by atoms with E-state index >= 15 is 0 Å². The average Bonchev–Trinajstić information content (AvgIpc) is 2.36. The molecule has 0 aliphatic carbocycles. The Morgan fingerprint density at radius 1 is 1.37 bits per heavy atom. The summed E-state index contributed by atoms with van der Waals surface area (Å²) in [6.45, 7) is 1.64. The molecule has 0 saturated carbocycles. The van der Waals surface area contributed by atoms with E-state index in [-0.39, 0.29) is 12.1 Å². The van der Waals surface area contributed by atoms with E-state index in [1.54, 1.807) is 6.92 Å². The standard InChI is InChI=1S/C12H15NO6/c1-7-12(15)10(14)6-11(18-7)19-9-4-2-8(3-5-9)13(16)17/h2-5,7,10-12,14-15H,6H2,1H3. The quantitative estimate of drug-likeness (QED) is 0.622. The first kappa shape index (κ1) is 13.7. The lowest BCUT2D eigenvalue weighted by Crippen LogP contribution is -2.48. The molecule has 19 heavy (non-hydrogen) atoms. The number of nitrogens with zero attached hydrogens (tertiary/aromatic N) is 1. The lowest BCUT2D eigenvalue weighted by Gasteiger charge is -2.35. The van der Waals surface area contributed by atoms with Crippen molar-refractivity contribution in [1.82, 2.24) is 0 Å². The molecule has 104 valence electrons. The van der Waals surface area contributed by atoms with Gasteiger partial charge < -0.3 is 19.7 Å². The molecule has 1 aromatic rings. The van der Waals surface area contributed by atoms with Crippen LogP contribution < -0.4 is 4.74 Å². The molecule has 0 bridgehead atoms. The number of nitro benzene ring substituents is 1. The van der Waals surface area contributed by atoms with Crippen LogP contribution in [0.3, 0.4) is 0 Å². The Hall–Kier alpha value is -1.70. The zero-order valence-corrected chi connectivity index (χ0v) is 10.3. The number of benzene rings is 1. The fourth-order valence-corrected chi connectivity index (χ4v) is 1.90. The van der Waals surface area contributed by atoms with Gasteiger partial charge in [-0.15, -0.1) is 0 Å². The molecule has 7 nitrogen and oxygen atoms in total. The largest absolute Gasteiger partial charge is 0.465 e. The van der Waals surface area contributed by atoms with Crippen LogP contribution in [0.2, 0.25) is 0 Å². The molecular formula is C12H15NO6. The van der Waals surface area contributed by atoms with Gasteiger partial charge in [0.15, 0.2) is 0 Å². The summed E-state index contributed by atoms with van der Waals surface area (Å²) in [5.74, 6) is 0.409. The Morgan fingerprint density at radius 3 is 2.53 bits per heavy atom. The highest BCUT2D eigenvalue weighted by Crippen LogP contribution is 2.24. The third-order valence-electron chi connectivity index (χ3n) is 2.99. The zero-order valence-electron chi connectivity index (χ0n) is 10.3. The van der Waals surface area contributed by atoms with Crippen LogP contribution in [0.25, 0.3) is 0 Å². The Kier molecular flexibility index (Phi) is 3.98. The van der Waals surface area contributed by atoms with Crippen molar-refractivity contribution in [3.8, 4) is 5.75 Å². The van der Waals surface area contributed by atoms with E-state index in [1.165, 1.54) is 24.3 Å². The van der Waals surface area contributed by atoms with Crippen LogP contribution >= 0.6 is 0 Å². The summed E-state index contributed by atoms with van der Waals surface area (Å²) in [5.41, 5.74) is -0.0271. The fraction of sp³-hybridized carbons (Fsp3) is 0.500. The van der Waals surface area contributed by atoms with Gasteiger partial charge in [-0.3, -0.25) is 10.1 Å². The van der Waals surface area contributed by atoms with Crippen LogP contribution in [-0.4, -0.2) is 39.7 Å². The van der Waals surface area contributed by atoms with Gasteiger partial charge in [-0.1, -0.05) is 0 Å². The van der Waals surface area contributed by atoms with Crippen molar-refractivity contribution in [2.24, 2.45) is 0 Å². The highest BCUT2D eigenvalue weighted by molar-refractivity contribution is 5.36. The molecule has 0 spiro atoms. The van der Waals surface area contributed by atoms with Crippen molar-refractivity contribution in [3.63, 3.8) is 0 Å². The van der Waals surface area contributed by atoms with Gasteiger partial charge in [-0.25, -0.2) is 0 Å². The Labute approximate surface area is 109 Å². The van der Waals surface area contributed by atoms with E-state index in [2.05, 4.69) is 0 Å². The SMILES string of the molecule is CC1OC(Oc2ccc([N+](=O)[O-])cc2)CC(O)C1O. The molecule has 1 aliphatic heterocycles. The first-order chi connectivity index (χ1) is 8.97. The number of hydrogen-bond acceptors (Lipinski definition) is 6. The second-order valence-electron chi connectivity index (χ2n) is 4.43. The Balaban J connectivity index is 1.99. The van der Waals surface area contributed by atoms with E-state index < -0.39 is 29.5 Å². The molecule has 1 aliphatic rings. The number of aliphatic hydroxyl groups is 2. The van der Waals surface area contributed by atoms with Crippen LogP contribution in [0.4, 0.5) is 5.69 Å². The maximum absolute atomic E-state index is 10.5. The van der Waals surface area contributed by atoms with Gasteiger partial charge in [0.1, 0.15) is 11.9 Å². The molecule has 0 radical (unpaired) electrons. The molecule has 4 unspecified atom stereocenters. The molecule has 1 aromatic carbocycles. The molecular weight excluding hydrogens is 254 g/mol. The Bertz CT molecular complexity index is 436. The number of hydrogen-bond donors (Lipinski definition) is 2. The van der Waals surface area contributed by atoms with Crippen LogP contribution in [0, 0.1) is 10.1 Å². The highest BCUT2D eigenvalue weighted by Gasteiger charge is 2.35. The number of nitro groups is 1. The summed E-state index contributed by atoms with van der Waals surface area (Å²) in [4.78, 5) is 10.0. The number of ether oxygens (including phenoxy) is 2. The smallest absolute Gasteiger partial charge is 0.269 e. The molecule has 2 N–H and O–H groups in total. The van der Waals surface area contributed by atoms with Crippen LogP contribution in [0.5, 0.6) is 5.75 Å². The van der Waals surface area contributed by atoms with E-state index in [1.807, 2.05) is 0 Å². The second kappa shape index (κ2) is 5.52. The Morgan fingerprint density at radius 2 is 2.00 bits per heavy atom. The van der Waals surface area contributed by atoms with Gasteiger partial charge in [0.2, 0.25) is 6.29 Å². The van der Waals surface area contributed by atoms with Crippen LogP contribution in [0.1, 0.15) is 13.3 Å². The minimum atomic E-state index is -0.934. The topological polar surface area (TPSA) is 102 Å². The third kappa shape index (κ3) is 3.19. The average molecular weight is 269 g/mol. The van der Waals surface area contributed by atoms with E-state index in [0.717, 1.165) is 0 Å². The van der Waals surface area contributed by atoms with Gasteiger partial charge in [-0.05, 0) is 19.1 Å². The van der Waals surface area contributed by atoms with Gasteiger partial charge >= 0.3 is 0 Å². The molecule has 1 heterocycles. The normalized spacial score (nSPS) is 30.9. The summed E-state index contributed by atoms with van der Waals surface area (Å²) in [7, 11) is 0. The van der Waals surface area contributed by atoms with Gasteiger partial charge in [0.25, 0.3) is 5.69 Å². The van der Waals surface area contributed by atoms with Crippen molar-refractivity contribution in [1.29, 1.82) is 0 Å². The van der Waals surface area contributed by atoms with Crippen molar-refractivity contribution in [3.05, 3.63) is 34.4 Å². The minimum absolute atomic E-state index is 0.0271. The van der Waals surface area contributed by atoms with E-state index in [0.29, 0.717) is 5.75 Å². The third-order valence-corrected chi connectivity index (χ3v) is 2.99. The van der Waals surface area contributed by atoms with Crippen molar-refractivity contribution in [2.45, 2.75) is 37.9 Å². The van der Waals surface area contributed by atoms with E-state index in [9.17, 15) is 20.3 Å². The summed E-state index contributed by atoms with van der Waals surface area (Å²) in [6.07, 6.45) is -2.92. The molecule has 2 rings (SSSR count). The summed E-state index contributed by atoms with van der Waals surface area (Å²) in [6, 6.07) is 5.58. The molecule has 0 amide bonds. The van der Waals surface area contributed by atoms with Gasteiger partial charge in [0.05, 0.1) is 17.1 Å².